The molecule has 0 aromatic carbocycles. The van der Waals surface area contributed by atoms with Crippen molar-refractivity contribution < 1.29 is 4.39 Å². The molecule has 0 bridgehead atoms. The van der Waals surface area contributed by atoms with Crippen molar-refractivity contribution in [1.29, 1.82) is 0 Å². The average molecular weight is 270 g/mol. The fraction of sp³-hybridized carbons (Fsp3) is 0.692. The Hall–Kier alpha value is -0.900. The van der Waals surface area contributed by atoms with Gasteiger partial charge in [-0.05, 0) is 43.2 Å². The highest BCUT2D eigenvalue weighted by atomic mass is 35.5. The summed E-state index contributed by atoms with van der Waals surface area (Å²) in [5.74, 6) is 0.734. The first kappa shape index (κ1) is 12.2. The number of piperidine rings is 1. The fourth-order valence-corrected chi connectivity index (χ4v) is 3.56. The van der Waals surface area contributed by atoms with Gasteiger partial charge in [-0.1, -0.05) is 12.8 Å². The van der Waals surface area contributed by atoms with Crippen molar-refractivity contribution in [1.82, 2.24) is 9.97 Å². The van der Waals surface area contributed by atoms with Crippen LogP contribution in [-0.2, 0) is 0 Å². The summed E-state index contributed by atoms with van der Waals surface area (Å²) in [5.41, 5.74) is 0. The number of rotatable bonds is 1. The van der Waals surface area contributed by atoms with E-state index in [4.69, 9.17) is 11.6 Å². The molecule has 1 saturated heterocycles. The lowest BCUT2D eigenvalue weighted by atomic mass is 9.78. The number of hydrogen-bond donors (Lipinski definition) is 0. The van der Waals surface area contributed by atoms with Crippen LogP contribution in [-0.4, -0.2) is 22.6 Å². The van der Waals surface area contributed by atoms with E-state index >= 15 is 0 Å². The summed E-state index contributed by atoms with van der Waals surface area (Å²) >= 11 is 5.80. The van der Waals surface area contributed by atoms with Gasteiger partial charge >= 0.3 is 0 Å². The molecule has 0 N–H and O–H groups in total. The van der Waals surface area contributed by atoms with E-state index in [-0.39, 0.29) is 11.1 Å². The Morgan fingerprint density at radius 2 is 2.00 bits per heavy atom. The van der Waals surface area contributed by atoms with Gasteiger partial charge < -0.3 is 4.90 Å². The zero-order valence-electron chi connectivity index (χ0n) is 10.3. The Kier molecular flexibility index (Phi) is 3.37. The molecule has 1 aromatic rings. The van der Waals surface area contributed by atoms with Crippen molar-refractivity contribution in [3.63, 3.8) is 0 Å². The summed E-state index contributed by atoms with van der Waals surface area (Å²) in [4.78, 5) is 9.90. The normalized spacial score (nSPS) is 28.0. The van der Waals surface area contributed by atoms with E-state index < -0.39 is 0 Å². The predicted octanol–water partition coefficient (Wildman–Crippen LogP) is 3.43. The average Bonchev–Trinajstić information content (AvgIpc) is 2.41. The molecule has 0 spiro atoms. The number of aromatic nitrogens is 2. The molecule has 2 aliphatic rings. The zero-order valence-corrected chi connectivity index (χ0v) is 11.0. The molecule has 1 aliphatic heterocycles. The third-order valence-electron chi connectivity index (χ3n) is 4.21. The molecule has 2 unspecified atom stereocenters. The molecule has 2 heterocycles. The molecular formula is C13H17ClFN3. The van der Waals surface area contributed by atoms with Gasteiger partial charge in [0.2, 0.25) is 5.28 Å². The molecule has 98 valence electrons. The lowest BCUT2D eigenvalue weighted by Gasteiger charge is -2.44. The summed E-state index contributed by atoms with van der Waals surface area (Å²) in [5, 5.41) is 0.129. The number of halogens is 2. The van der Waals surface area contributed by atoms with E-state index in [1.165, 1.54) is 31.9 Å². The second kappa shape index (κ2) is 5.00. The maximum atomic E-state index is 13.9. The van der Waals surface area contributed by atoms with Gasteiger partial charge in [-0.15, -0.1) is 0 Å². The lowest BCUT2D eigenvalue weighted by molar-refractivity contribution is 0.241. The molecule has 2 atom stereocenters. The highest BCUT2D eigenvalue weighted by Gasteiger charge is 2.35. The first-order valence-electron chi connectivity index (χ1n) is 6.70. The van der Waals surface area contributed by atoms with Gasteiger partial charge in [0.1, 0.15) is 0 Å². The van der Waals surface area contributed by atoms with Gasteiger partial charge in [0.25, 0.3) is 0 Å². The molecule has 0 amide bonds. The van der Waals surface area contributed by atoms with E-state index in [0.717, 1.165) is 19.4 Å². The topological polar surface area (TPSA) is 29.0 Å². The first-order valence-corrected chi connectivity index (χ1v) is 7.08. The molecule has 3 rings (SSSR count). The van der Waals surface area contributed by atoms with Crippen LogP contribution in [0.5, 0.6) is 0 Å². The largest absolute Gasteiger partial charge is 0.351 e. The molecule has 3 nitrogen and oxygen atoms in total. The SMILES string of the molecule is Fc1cnc(Cl)nc1N1CCCC2CCCCC21. The summed E-state index contributed by atoms with van der Waals surface area (Å²) in [6.45, 7) is 0.880. The van der Waals surface area contributed by atoms with Gasteiger partial charge in [0, 0.05) is 12.6 Å². The van der Waals surface area contributed by atoms with E-state index in [9.17, 15) is 4.39 Å². The monoisotopic (exact) mass is 269 g/mol. The smallest absolute Gasteiger partial charge is 0.224 e. The van der Waals surface area contributed by atoms with E-state index in [0.29, 0.717) is 17.8 Å². The highest BCUT2D eigenvalue weighted by Crippen LogP contribution is 2.37. The molecule has 5 heteroatoms. The van der Waals surface area contributed by atoms with Crippen LogP contribution in [0.1, 0.15) is 38.5 Å². The highest BCUT2D eigenvalue weighted by molar-refractivity contribution is 6.28. The maximum Gasteiger partial charge on any atom is 0.224 e. The second-order valence-corrected chi connectivity index (χ2v) is 5.60. The standard InChI is InChI=1S/C13H17ClFN3/c14-13-16-8-10(15)12(17-13)18-7-3-5-9-4-1-2-6-11(9)18/h8-9,11H,1-7H2. The van der Waals surface area contributed by atoms with Crippen molar-refractivity contribution in [2.75, 3.05) is 11.4 Å². The zero-order chi connectivity index (χ0) is 12.5. The quantitative estimate of drug-likeness (QED) is 0.732. The molecule has 1 aliphatic carbocycles. The van der Waals surface area contributed by atoms with Crippen molar-refractivity contribution in [2.24, 2.45) is 5.92 Å². The van der Waals surface area contributed by atoms with E-state index in [2.05, 4.69) is 14.9 Å². The number of fused-ring (bicyclic) bond motifs is 1. The van der Waals surface area contributed by atoms with E-state index in [1.807, 2.05) is 0 Å². The van der Waals surface area contributed by atoms with Crippen LogP contribution in [0, 0.1) is 11.7 Å². The summed E-state index contributed by atoms with van der Waals surface area (Å²) in [6, 6.07) is 0.438. The van der Waals surface area contributed by atoms with Gasteiger partial charge in [-0.25, -0.2) is 9.37 Å². The third-order valence-corrected chi connectivity index (χ3v) is 4.39. The summed E-state index contributed by atoms with van der Waals surface area (Å²) < 4.78 is 13.9. The van der Waals surface area contributed by atoms with Crippen LogP contribution >= 0.6 is 11.6 Å². The third kappa shape index (κ3) is 2.18. The second-order valence-electron chi connectivity index (χ2n) is 5.26. The minimum Gasteiger partial charge on any atom is -0.351 e. The lowest BCUT2D eigenvalue weighted by Crippen LogP contribution is -2.47. The summed E-state index contributed by atoms with van der Waals surface area (Å²) in [6.07, 6.45) is 8.51. The maximum absolute atomic E-state index is 13.9. The van der Waals surface area contributed by atoms with Crippen LogP contribution in [0.25, 0.3) is 0 Å². The molecule has 0 radical (unpaired) electrons. The first-order chi connectivity index (χ1) is 8.75. The Balaban J connectivity index is 1.91. The Labute approximate surface area is 111 Å². The van der Waals surface area contributed by atoms with Gasteiger partial charge in [0.15, 0.2) is 11.6 Å². The van der Waals surface area contributed by atoms with Gasteiger partial charge in [-0.3, -0.25) is 0 Å². The molecule has 18 heavy (non-hydrogen) atoms. The van der Waals surface area contributed by atoms with Gasteiger partial charge in [-0.2, -0.15) is 4.98 Å². The van der Waals surface area contributed by atoms with Crippen LogP contribution in [0.15, 0.2) is 6.20 Å². The van der Waals surface area contributed by atoms with Crippen molar-refractivity contribution in [2.45, 2.75) is 44.6 Å². The minimum atomic E-state index is -0.356. The Morgan fingerprint density at radius 1 is 1.22 bits per heavy atom. The number of hydrogen-bond acceptors (Lipinski definition) is 3. The Morgan fingerprint density at radius 3 is 2.89 bits per heavy atom. The van der Waals surface area contributed by atoms with Crippen molar-refractivity contribution >= 4 is 17.4 Å². The van der Waals surface area contributed by atoms with Crippen LogP contribution in [0.3, 0.4) is 0 Å². The fourth-order valence-electron chi connectivity index (χ4n) is 3.43. The minimum absolute atomic E-state index is 0.129. The number of anilines is 1. The van der Waals surface area contributed by atoms with Crippen molar-refractivity contribution in [3.8, 4) is 0 Å². The summed E-state index contributed by atoms with van der Waals surface area (Å²) in [7, 11) is 0. The molecule has 1 saturated carbocycles. The van der Waals surface area contributed by atoms with Crippen molar-refractivity contribution in [3.05, 3.63) is 17.3 Å². The van der Waals surface area contributed by atoms with E-state index in [1.54, 1.807) is 0 Å². The predicted molar refractivity (Wildman–Crippen MR) is 69.3 cm³/mol. The molecular weight excluding hydrogens is 253 g/mol. The van der Waals surface area contributed by atoms with Crippen LogP contribution in [0.2, 0.25) is 5.28 Å². The molecule has 1 aromatic heterocycles. The van der Waals surface area contributed by atoms with Crippen LogP contribution < -0.4 is 4.90 Å². The molecule has 2 fully saturated rings. The van der Waals surface area contributed by atoms with Gasteiger partial charge in [0.05, 0.1) is 6.20 Å². The Bertz CT molecular complexity index is 438. The van der Waals surface area contributed by atoms with Crippen LogP contribution in [0.4, 0.5) is 10.2 Å². The number of nitrogens with zero attached hydrogens (tertiary/aromatic N) is 3.